The number of amides is 1. The minimum atomic E-state index is -0.411. The molecule has 0 spiro atoms. The van der Waals surface area contributed by atoms with E-state index in [1.807, 2.05) is 10.3 Å². The quantitative estimate of drug-likeness (QED) is 0.395. The molecule has 0 saturated carbocycles. The fraction of sp³-hybridized carbons (Fsp3) is 0.625. The van der Waals surface area contributed by atoms with Crippen molar-refractivity contribution in [3.05, 3.63) is 0 Å². The van der Waals surface area contributed by atoms with Crippen molar-refractivity contribution in [2.45, 2.75) is 0 Å². The van der Waals surface area contributed by atoms with Gasteiger partial charge in [0.05, 0.1) is 24.9 Å². The van der Waals surface area contributed by atoms with E-state index < -0.39 is 5.91 Å². The molecule has 1 aliphatic rings. The van der Waals surface area contributed by atoms with Crippen LogP contribution in [0.25, 0.3) is 0 Å². The molecule has 0 atom stereocenters. The minimum Gasteiger partial charge on any atom is -0.464 e. The average molecular weight is 259 g/mol. The van der Waals surface area contributed by atoms with Gasteiger partial charge < -0.3 is 14.4 Å². The van der Waals surface area contributed by atoms with Gasteiger partial charge in [0, 0.05) is 13.1 Å². The molecule has 1 aliphatic heterocycles. The molecule has 1 fully saturated rings. The van der Waals surface area contributed by atoms with Gasteiger partial charge in [-0.25, -0.2) is 5.84 Å². The highest BCUT2D eigenvalue weighted by Gasteiger charge is 2.20. The second kappa shape index (κ2) is 5.75. The minimum absolute atomic E-state index is 0.167. The fourth-order valence-electron chi connectivity index (χ4n) is 1.41. The van der Waals surface area contributed by atoms with Crippen LogP contribution in [-0.4, -0.2) is 47.6 Å². The standard InChI is InChI=1S/C8H13N5O3S/c9-10-6(14)5-16-8-7(11-17-12-8)13-1-3-15-4-2-13/h1-5,9H2,(H,10,14). The van der Waals surface area contributed by atoms with E-state index in [2.05, 4.69) is 8.75 Å². The second-order valence-electron chi connectivity index (χ2n) is 3.35. The van der Waals surface area contributed by atoms with E-state index in [1.165, 1.54) is 0 Å². The highest BCUT2D eigenvalue weighted by molar-refractivity contribution is 6.99. The zero-order valence-electron chi connectivity index (χ0n) is 9.09. The maximum Gasteiger partial charge on any atom is 0.271 e. The lowest BCUT2D eigenvalue weighted by molar-refractivity contribution is -0.123. The van der Waals surface area contributed by atoms with Crippen molar-refractivity contribution in [3.8, 4) is 5.88 Å². The van der Waals surface area contributed by atoms with Crippen molar-refractivity contribution in [2.24, 2.45) is 5.84 Å². The maximum absolute atomic E-state index is 11.0. The van der Waals surface area contributed by atoms with Crippen molar-refractivity contribution >= 4 is 23.5 Å². The second-order valence-corrected chi connectivity index (χ2v) is 3.88. The van der Waals surface area contributed by atoms with Crippen molar-refractivity contribution in [1.82, 2.24) is 14.2 Å². The van der Waals surface area contributed by atoms with Crippen molar-refractivity contribution < 1.29 is 14.3 Å². The summed E-state index contributed by atoms with van der Waals surface area (Å²) in [6.45, 7) is 2.62. The van der Waals surface area contributed by atoms with Crippen molar-refractivity contribution in [2.75, 3.05) is 37.8 Å². The predicted molar refractivity (Wildman–Crippen MR) is 60.8 cm³/mol. The van der Waals surface area contributed by atoms with E-state index in [-0.39, 0.29) is 6.61 Å². The molecule has 1 aromatic heterocycles. The summed E-state index contributed by atoms with van der Waals surface area (Å²) in [5, 5.41) is 0. The number of carbonyl (C=O) groups is 1. The molecule has 9 heteroatoms. The Labute approximate surface area is 102 Å². The molecule has 0 bridgehead atoms. The van der Waals surface area contributed by atoms with E-state index >= 15 is 0 Å². The summed E-state index contributed by atoms with van der Waals surface area (Å²) < 4.78 is 18.6. The maximum atomic E-state index is 11.0. The van der Waals surface area contributed by atoms with Gasteiger partial charge in [0.1, 0.15) is 0 Å². The summed E-state index contributed by atoms with van der Waals surface area (Å²) in [6.07, 6.45) is 0. The molecule has 94 valence electrons. The Balaban J connectivity index is 1.98. The molecule has 0 unspecified atom stereocenters. The third-order valence-corrected chi connectivity index (χ3v) is 2.76. The van der Waals surface area contributed by atoms with Crippen LogP contribution in [0.2, 0.25) is 0 Å². The van der Waals surface area contributed by atoms with Gasteiger partial charge in [-0.3, -0.25) is 10.2 Å². The Bertz CT molecular complexity index is 379. The van der Waals surface area contributed by atoms with Crippen LogP contribution in [0.3, 0.4) is 0 Å². The number of hydrazine groups is 1. The summed E-state index contributed by atoms with van der Waals surface area (Å²) in [6, 6.07) is 0. The first kappa shape index (κ1) is 12.0. The first-order valence-corrected chi connectivity index (χ1v) is 5.82. The van der Waals surface area contributed by atoms with Crippen LogP contribution < -0.4 is 20.9 Å². The molecular weight excluding hydrogens is 246 g/mol. The summed E-state index contributed by atoms with van der Waals surface area (Å²) in [7, 11) is 0. The van der Waals surface area contributed by atoms with Gasteiger partial charge in [0.2, 0.25) is 5.82 Å². The molecular formula is C8H13N5O3S. The normalized spacial score (nSPS) is 15.7. The molecule has 1 saturated heterocycles. The third-order valence-electron chi connectivity index (χ3n) is 2.25. The number of morpholine rings is 1. The molecule has 0 aromatic carbocycles. The van der Waals surface area contributed by atoms with Gasteiger partial charge in [-0.15, -0.1) is 4.37 Å². The first-order valence-electron chi connectivity index (χ1n) is 5.08. The molecule has 1 amide bonds. The molecule has 2 rings (SSSR count). The highest BCUT2D eigenvalue weighted by atomic mass is 32.1. The molecule has 2 heterocycles. The lowest BCUT2D eigenvalue weighted by Crippen LogP contribution is -2.37. The van der Waals surface area contributed by atoms with Gasteiger partial charge in [0.25, 0.3) is 11.8 Å². The van der Waals surface area contributed by atoms with E-state index in [1.54, 1.807) is 0 Å². The number of carbonyl (C=O) groups excluding carboxylic acids is 1. The van der Waals surface area contributed by atoms with E-state index in [0.717, 1.165) is 24.8 Å². The first-order chi connectivity index (χ1) is 8.31. The van der Waals surface area contributed by atoms with Gasteiger partial charge in [0.15, 0.2) is 6.61 Å². The lowest BCUT2D eigenvalue weighted by Gasteiger charge is -2.26. The predicted octanol–water partition coefficient (Wildman–Crippen LogP) is -1.26. The summed E-state index contributed by atoms with van der Waals surface area (Å²) in [5.74, 6) is 5.56. The van der Waals surface area contributed by atoms with Crippen LogP contribution in [0.1, 0.15) is 0 Å². The summed E-state index contributed by atoms with van der Waals surface area (Å²) in [4.78, 5) is 13.0. The Morgan fingerprint density at radius 1 is 1.53 bits per heavy atom. The third kappa shape index (κ3) is 3.02. The number of aromatic nitrogens is 2. The van der Waals surface area contributed by atoms with Gasteiger partial charge in [-0.1, -0.05) is 0 Å². The highest BCUT2D eigenvalue weighted by Crippen LogP contribution is 2.25. The van der Waals surface area contributed by atoms with Crippen molar-refractivity contribution in [3.63, 3.8) is 0 Å². The molecule has 0 aliphatic carbocycles. The monoisotopic (exact) mass is 259 g/mol. The molecule has 17 heavy (non-hydrogen) atoms. The Morgan fingerprint density at radius 3 is 3.00 bits per heavy atom. The number of anilines is 1. The summed E-state index contributed by atoms with van der Waals surface area (Å²) in [5.41, 5.74) is 1.98. The smallest absolute Gasteiger partial charge is 0.271 e. The topological polar surface area (TPSA) is 103 Å². The van der Waals surface area contributed by atoms with Gasteiger partial charge in [-0.05, 0) is 0 Å². The van der Waals surface area contributed by atoms with Crippen LogP contribution in [0.4, 0.5) is 5.82 Å². The zero-order valence-corrected chi connectivity index (χ0v) is 9.90. The number of nitrogens with one attached hydrogen (secondary N) is 1. The van der Waals surface area contributed by atoms with Crippen LogP contribution >= 0.6 is 11.7 Å². The van der Waals surface area contributed by atoms with Crippen LogP contribution in [0, 0.1) is 0 Å². The Morgan fingerprint density at radius 2 is 2.29 bits per heavy atom. The number of hydrogen-bond acceptors (Lipinski definition) is 8. The molecule has 0 radical (unpaired) electrons. The zero-order chi connectivity index (χ0) is 12.1. The molecule has 3 N–H and O–H groups in total. The van der Waals surface area contributed by atoms with Crippen molar-refractivity contribution in [1.29, 1.82) is 0 Å². The van der Waals surface area contributed by atoms with Crippen LogP contribution in [0.5, 0.6) is 5.88 Å². The number of nitrogens with zero attached hydrogens (tertiary/aromatic N) is 3. The number of hydrogen-bond donors (Lipinski definition) is 2. The van der Waals surface area contributed by atoms with E-state index in [4.69, 9.17) is 15.3 Å². The van der Waals surface area contributed by atoms with E-state index in [0.29, 0.717) is 24.9 Å². The Kier molecular flexibility index (Phi) is 4.07. The Hall–Kier alpha value is -1.45. The van der Waals surface area contributed by atoms with Crippen LogP contribution in [0.15, 0.2) is 0 Å². The van der Waals surface area contributed by atoms with Crippen LogP contribution in [-0.2, 0) is 9.53 Å². The molecule has 1 aromatic rings. The number of nitrogens with two attached hydrogens (primary N) is 1. The van der Waals surface area contributed by atoms with Gasteiger partial charge in [-0.2, -0.15) is 4.37 Å². The molecule has 8 nitrogen and oxygen atoms in total. The average Bonchev–Trinajstić information content (AvgIpc) is 2.85. The largest absolute Gasteiger partial charge is 0.464 e. The van der Waals surface area contributed by atoms with Gasteiger partial charge >= 0.3 is 0 Å². The fourth-order valence-corrected chi connectivity index (χ4v) is 1.93. The number of rotatable bonds is 4. The summed E-state index contributed by atoms with van der Waals surface area (Å²) >= 11 is 1.05. The van der Waals surface area contributed by atoms with E-state index in [9.17, 15) is 4.79 Å². The SMILES string of the molecule is NNC(=O)COc1nsnc1N1CCOCC1. The number of ether oxygens (including phenoxy) is 2. The lowest BCUT2D eigenvalue weighted by atomic mass is 10.4.